The second-order valence-electron chi connectivity index (χ2n) is 8.14. The number of hydrogen-bond acceptors (Lipinski definition) is 5. The van der Waals surface area contributed by atoms with Crippen LogP contribution >= 0.6 is 0 Å². The normalized spacial score (nSPS) is 26.8. The molecule has 0 spiro atoms. The average Bonchev–Trinajstić information content (AvgIpc) is 3.49. The molecule has 1 aromatic carbocycles. The highest BCUT2D eigenvalue weighted by atomic mass is 16.6. The minimum Gasteiger partial charge on any atom is -0.448 e. The van der Waals surface area contributed by atoms with Gasteiger partial charge in [-0.15, -0.1) is 0 Å². The Hall–Kier alpha value is -2.87. The fourth-order valence-corrected chi connectivity index (χ4v) is 5.04. The number of aromatic amines is 1. The van der Waals surface area contributed by atoms with Crippen LogP contribution in [-0.4, -0.2) is 76.2 Å². The molecule has 1 N–H and O–H groups in total. The lowest BCUT2D eigenvalue weighted by Gasteiger charge is -2.31. The van der Waals surface area contributed by atoms with Gasteiger partial charge in [-0.3, -0.25) is 19.7 Å². The first-order valence-corrected chi connectivity index (χ1v) is 10.2. The molecule has 0 saturated carbocycles. The van der Waals surface area contributed by atoms with Crippen LogP contribution in [0.15, 0.2) is 42.6 Å². The van der Waals surface area contributed by atoms with Crippen LogP contribution in [0.1, 0.15) is 17.3 Å². The van der Waals surface area contributed by atoms with Crippen LogP contribution in [0.5, 0.6) is 0 Å². The van der Waals surface area contributed by atoms with Crippen molar-refractivity contribution in [1.29, 1.82) is 0 Å². The van der Waals surface area contributed by atoms with Crippen molar-refractivity contribution in [1.82, 2.24) is 24.9 Å². The van der Waals surface area contributed by atoms with E-state index in [0.29, 0.717) is 25.0 Å². The Morgan fingerprint density at radius 3 is 2.76 bits per heavy atom. The molecular formula is C21H25N5O3. The average molecular weight is 395 g/mol. The molecule has 3 aliphatic rings. The van der Waals surface area contributed by atoms with Gasteiger partial charge in [0.1, 0.15) is 13.2 Å². The highest BCUT2D eigenvalue weighted by Gasteiger charge is 2.49. The Labute approximate surface area is 169 Å². The van der Waals surface area contributed by atoms with Gasteiger partial charge in [0, 0.05) is 44.0 Å². The Morgan fingerprint density at radius 2 is 2.03 bits per heavy atom. The first-order chi connectivity index (χ1) is 14.2. The molecule has 3 fully saturated rings. The van der Waals surface area contributed by atoms with Gasteiger partial charge < -0.3 is 9.64 Å². The zero-order valence-corrected chi connectivity index (χ0v) is 16.2. The van der Waals surface area contributed by atoms with Crippen LogP contribution in [0.3, 0.4) is 0 Å². The van der Waals surface area contributed by atoms with E-state index in [4.69, 9.17) is 4.74 Å². The molecule has 5 rings (SSSR count). The minimum atomic E-state index is -0.389. The van der Waals surface area contributed by atoms with E-state index in [1.807, 2.05) is 29.2 Å². The number of aromatic nitrogens is 2. The first kappa shape index (κ1) is 18.2. The van der Waals surface area contributed by atoms with Crippen molar-refractivity contribution in [3.05, 3.63) is 53.9 Å². The van der Waals surface area contributed by atoms with Crippen molar-refractivity contribution < 1.29 is 14.3 Å². The molecule has 152 valence electrons. The van der Waals surface area contributed by atoms with Gasteiger partial charge >= 0.3 is 6.09 Å². The van der Waals surface area contributed by atoms with Crippen molar-refractivity contribution in [3.63, 3.8) is 0 Å². The molecule has 0 bridgehead atoms. The number of hydrogen-bond donors (Lipinski definition) is 1. The second-order valence-corrected chi connectivity index (χ2v) is 8.14. The van der Waals surface area contributed by atoms with Crippen LogP contribution in [0, 0.1) is 11.8 Å². The molecule has 8 nitrogen and oxygen atoms in total. The summed E-state index contributed by atoms with van der Waals surface area (Å²) in [5, 5.41) is 7.08. The number of carbonyl (C=O) groups is 2. The third kappa shape index (κ3) is 3.48. The van der Waals surface area contributed by atoms with Crippen molar-refractivity contribution in [2.24, 2.45) is 11.8 Å². The maximum absolute atomic E-state index is 13.1. The zero-order chi connectivity index (χ0) is 19.8. The van der Waals surface area contributed by atoms with Gasteiger partial charge in [0.25, 0.3) is 0 Å². The van der Waals surface area contributed by atoms with E-state index in [1.165, 1.54) is 10.5 Å². The smallest absolute Gasteiger partial charge is 0.410 e. The molecular weight excluding hydrogens is 370 g/mol. The van der Waals surface area contributed by atoms with Crippen molar-refractivity contribution in [2.45, 2.75) is 12.6 Å². The quantitative estimate of drug-likeness (QED) is 0.830. The number of fused-ring (bicyclic) bond motifs is 1. The molecule has 2 aromatic rings. The molecule has 3 aliphatic heterocycles. The van der Waals surface area contributed by atoms with Gasteiger partial charge in [0.15, 0.2) is 0 Å². The van der Waals surface area contributed by atoms with E-state index < -0.39 is 0 Å². The largest absolute Gasteiger partial charge is 0.448 e. The van der Waals surface area contributed by atoms with Crippen LogP contribution < -0.4 is 0 Å². The summed E-state index contributed by atoms with van der Waals surface area (Å²) >= 11 is 0. The Balaban J connectivity index is 1.34. The molecule has 2 amide bonds. The third-order valence-electron chi connectivity index (χ3n) is 6.32. The predicted octanol–water partition coefficient (Wildman–Crippen LogP) is 1.49. The van der Waals surface area contributed by atoms with E-state index in [0.717, 1.165) is 31.9 Å². The lowest BCUT2D eigenvalue weighted by Crippen LogP contribution is -2.42. The summed E-state index contributed by atoms with van der Waals surface area (Å²) in [6.07, 6.45) is 1.39. The summed E-state index contributed by atoms with van der Waals surface area (Å²) in [5.74, 6) is 0.819. The van der Waals surface area contributed by atoms with E-state index >= 15 is 0 Å². The molecule has 29 heavy (non-hydrogen) atoms. The fraction of sp³-hybridized carbons (Fsp3) is 0.476. The van der Waals surface area contributed by atoms with Gasteiger partial charge in [0.05, 0.1) is 12.6 Å². The number of likely N-dealkylation sites (tertiary alicyclic amines) is 2. The van der Waals surface area contributed by atoms with Crippen LogP contribution in [-0.2, 0) is 16.1 Å². The van der Waals surface area contributed by atoms with Gasteiger partial charge in [-0.2, -0.15) is 5.10 Å². The topological polar surface area (TPSA) is 81.8 Å². The van der Waals surface area contributed by atoms with Crippen molar-refractivity contribution in [3.8, 4) is 0 Å². The number of benzene rings is 1. The Kier molecular flexibility index (Phi) is 4.71. The summed E-state index contributed by atoms with van der Waals surface area (Å²) in [6.45, 7) is 4.43. The molecule has 3 saturated heterocycles. The number of amides is 2. The lowest BCUT2D eigenvalue weighted by atomic mass is 9.89. The molecule has 0 aliphatic carbocycles. The van der Waals surface area contributed by atoms with E-state index in [2.05, 4.69) is 27.2 Å². The van der Waals surface area contributed by atoms with Crippen molar-refractivity contribution >= 4 is 12.0 Å². The monoisotopic (exact) mass is 395 g/mol. The van der Waals surface area contributed by atoms with Crippen LogP contribution in [0.2, 0.25) is 0 Å². The number of cyclic esters (lactones) is 1. The number of carbonyl (C=O) groups excluding carboxylic acids is 2. The van der Waals surface area contributed by atoms with Gasteiger partial charge in [-0.05, 0) is 17.5 Å². The minimum absolute atomic E-state index is 0.00669. The number of nitrogens with zero attached hydrogens (tertiary/aromatic N) is 4. The maximum Gasteiger partial charge on any atom is 0.410 e. The summed E-state index contributed by atoms with van der Waals surface area (Å²) in [6, 6.07) is 12.3. The van der Waals surface area contributed by atoms with Crippen molar-refractivity contribution in [2.75, 3.05) is 39.3 Å². The number of rotatable bonds is 5. The van der Waals surface area contributed by atoms with Gasteiger partial charge in [0.2, 0.25) is 5.91 Å². The molecule has 3 atom stereocenters. The number of H-pyrrole nitrogens is 1. The molecule has 8 heteroatoms. The molecule has 0 radical (unpaired) electrons. The number of ether oxygens (including phenoxy) is 1. The Morgan fingerprint density at radius 1 is 1.17 bits per heavy atom. The number of nitrogens with one attached hydrogen (secondary N) is 1. The van der Waals surface area contributed by atoms with Gasteiger partial charge in [-0.25, -0.2) is 4.79 Å². The maximum atomic E-state index is 13.1. The van der Waals surface area contributed by atoms with Crippen LogP contribution in [0.4, 0.5) is 4.79 Å². The summed E-state index contributed by atoms with van der Waals surface area (Å²) < 4.78 is 4.98. The van der Waals surface area contributed by atoms with E-state index in [-0.39, 0.29) is 24.6 Å². The van der Waals surface area contributed by atoms with E-state index in [1.54, 1.807) is 6.20 Å². The predicted molar refractivity (Wildman–Crippen MR) is 105 cm³/mol. The zero-order valence-electron chi connectivity index (χ0n) is 16.2. The Bertz CT molecular complexity index is 872. The van der Waals surface area contributed by atoms with Gasteiger partial charge in [-0.1, -0.05) is 30.3 Å². The highest BCUT2D eigenvalue weighted by molar-refractivity contribution is 5.83. The molecule has 4 heterocycles. The third-order valence-corrected chi connectivity index (χ3v) is 6.32. The van der Waals surface area contributed by atoms with E-state index in [9.17, 15) is 9.59 Å². The highest BCUT2D eigenvalue weighted by Crippen LogP contribution is 2.45. The first-order valence-electron chi connectivity index (χ1n) is 10.2. The lowest BCUT2D eigenvalue weighted by molar-refractivity contribution is -0.133. The standard InChI is InChI=1S/C21H25N5O3/c27-19(14-25-8-9-29-21(25)28)26-11-16-10-24(12-17-6-7-22-23-17)13-18(16)20(26)15-4-2-1-3-5-15/h1-7,16,18,20H,8-14H2,(H,22,23)/t16-,18-,20+/m0/s1. The fourth-order valence-electron chi connectivity index (χ4n) is 5.04. The molecule has 0 unspecified atom stereocenters. The summed E-state index contributed by atoms with van der Waals surface area (Å²) in [7, 11) is 0. The molecule has 1 aromatic heterocycles. The second kappa shape index (κ2) is 7.51. The summed E-state index contributed by atoms with van der Waals surface area (Å²) in [4.78, 5) is 30.9. The SMILES string of the molecule is O=C1OCCN1CC(=O)N1C[C@@H]2CN(Cc3ccn[nH]3)C[C@@H]2[C@H]1c1ccccc1. The van der Waals surface area contributed by atoms with Crippen LogP contribution in [0.25, 0.3) is 0 Å². The summed E-state index contributed by atoms with van der Waals surface area (Å²) in [5.41, 5.74) is 2.28.